The Morgan fingerprint density at radius 2 is 1.39 bits per heavy atom. The summed E-state index contributed by atoms with van der Waals surface area (Å²) in [6.45, 7) is 0. The third-order valence-corrected chi connectivity index (χ3v) is 3.66. The molecular weight excluding hydrogens is 282 g/mol. The summed E-state index contributed by atoms with van der Waals surface area (Å²) in [5, 5.41) is 17.8. The molecule has 1 heterocycles. The molecule has 0 unspecified atom stereocenters. The van der Waals surface area contributed by atoms with Gasteiger partial charge in [0.15, 0.2) is 0 Å². The maximum absolute atomic E-state index is 8.90. The van der Waals surface area contributed by atoms with Crippen molar-refractivity contribution in [2.24, 2.45) is 0 Å². The standard InChI is InChI=1S/C20H13N3/c21-13-16-5-3-15(4-6-16)12-19-2-1-11-23-20(19)18-9-7-17(14-22)8-10-18/h1-11H,12H2. The fourth-order valence-corrected chi connectivity index (χ4v) is 2.46. The van der Waals surface area contributed by atoms with E-state index in [1.807, 2.05) is 42.5 Å². The first-order chi connectivity index (χ1) is 11.3. The zero-order valence-corrected chi connectivity index (χ0v) is 12.4. The van der Waals surface area contributed by atoms with Crippen molar-refractivity contribution < 1.29 is 0 Å². The van der Waals surface area contributed by atoms with Gasteiger partial charge in [-0.3, -0.25) is 4.98 Å². The zero-order chi connectivity index (χ0) is 16.1. The molecule has 3 rings (SSSR count). The molecule has 3 heteroatoms. The van der Waals surface area contributed by atoms with Crippen molar-refractivity contribution in [2.45, 2.75) is 6.42 Å². The predicted molar refractivity (Wildman–Crippen MR) is 88.4 cm³/mol. The molecule has 0 saturated heterocycles. The van der Waals surface area contributed by atoms with E-state index in [9.17, 15) is 0 Å². The van der Waals surface area contributed by atoms with Crippen LogP contribution < -0.4 is 0 Å². The van der Waals surface area contributed by atoms with E-state index in [2.05, 4.69) is 23.2 Å². The van der Waals surface area contributed by atoms with Crippen LogP contribution in [0.1, 0.15) is 22.3 Å². The Balaban J connectivity index is 1.93. The summed E-state index contributed by atoms with van der Waals surface area (Å²) in [5.74, 6) is 0. The highest BCUT2D eigenvalue weighted by Gasteiger charge is 2.07. The molecule has 0 saturated carbocycles. The maximum Gasteiger partial charge on any atom is 0.0991 e. The Hall–Kier alpha value is -3.43. The largest absolute Gasteiger partial charge is 0.256 e. The Labute approximate surface area is 135 Å². The van der Waals surface area contributed by atoms with Crippen LogP contribution >= 0.6 is 0 Å². The normalized spacial score (nSPS) is 9.83. The van der Waals surface area contributed by atoms with Crippen molar-refractivity contribution in [3.63, 3.8) is 0 Å². The molecule has 0 fully saturated rings. The molecular formula is C20H13N3. The molecule has 0 aliphatic carbocycles. The smallest absolute Gasteiger partial charge is 0.0991 e. The molecule has 3 nitrogen and oxygen atoms in total. The summed E-state index contributed by atoms with van der Waals surface area (Å²) < 4.78 is 0. The van der Waals surface area contributed by atoms with Gasteiger partial charge in [-0.2, -0.15) is 10.5 Å². The number of nitriles is 2. The number of hydrogen-bond acceptors (Lipinski definition) is 3. The molecule has 0 spiro atoms. The second-order valence-corrected chi connectivity index (χ2v) is 5.19. The lowest BCUT2D eigenvalue weighted by Gasteiger charge is -2.09. The Bertz CT molecular complexity index is 895. The summed E-state index contributed by atoms with van der Waals surface area (Å²) in [4.78, 5) is 4.50. The highest BCUT2D eigenvalue weighted by atomic mass is 14.7. The van der Waals surface area contributed by atoms with E-state index in [1.165, 1.54) is 0 Å². The lowest BCUT2D eigenvalue weighted by atomic mass is 9.98. The average Bonchev–Trinajstić information content (AvgIpc) is 2.63. The van der Waals surface area contributed by atoms with E-state index in [0.717, 1.165) is 28.8 Å². The van der Waals surface area contributed by atoms with Crippen LogP contribution in [0.3, 0.4) is 0 Å². The van der Waals surface area contributed by atoms with E-state index in [4.69, 9.17) is 10.5 Å². The van der Waals surface area contributed by atoms with Gasteiger partial charge in [-0.25, -0.2) is 0 Å². The highest BCUT2D eigenvalue weighted by molar-refractivity contribution is 5.64. The van der Waals surface area contributed by atoms with Gasteiger partial charge in [0.1, 0.15) is 0 Å². The van der Waals surface area contributed by atoms with Crippen LogP contribution in [0.5, 0.6) is 0 Å². The number of hydrogen-bond donors (Lipinski definition) is 0. The molecule has 0 atom stereocenters. The number of aromatic nitrogens is 1. The van der Waals surface area contributed by atoms with Gasteiger partial charge in [0.05, 0.1) is 29.0 Å². The summed E-state index contributed by atoms with van der Waals surface area (Å²) in [6.07, 6.45) is 2.52. The van der Waals surface area contributed by atoms with Crippen molar-refractivity contribution in [3.05, 3.63) is 89.1 Å². The van der Waals surface area contributed by atoms with Crippen molar-refractivity contribution in [2.75, 3.05) is 0 Å². The minimum absolute atomic E-state index is 0.637. The Morgan fingerprint density at radius 3 is 2.00 bits per heavy atom. The molecule has 0 bridgehead atoms. The molecule has 0 amide bonds. The highest BCUT2D eigenvalue weighted by Crippen LogP contribution is 2.24. The summed E-state index contributed by atoms with van der Waals surface area (Å²) >= 11 is 0. The van der Waals surface area contributed by atoms with Crippen LogP contribution in [0.4, 0.5) is 0 Å². The van der Waals surface area contributed by atoms with E-state index < -0.39 is 0 Å². The van der Waals surface area contributed by atoms with Gasteiger partial charge in [0, 0.05) is 11.8 Å². The van der Waals surface area contributed by atoms with Gasteiger partial charge < -0.3 is 0 Å². The van der Waals surface area contributed by atoms with Crippen LogP contribution in [-0.2, 0) is 6.42 Å². The summed E-state index contributed by atoms with van der Waals surface area (Å²) in [7, 11) is 0. The number of rotatable bonds is 3. The lowest BCUT2D eigenvalue weighted by molar-refractivity contribution is 1.15. The first-order valence-corrected chi connectivity index (χ1v) is 7.23. The lowest BCUT2D eigenvalue weighted by Crippen LogP contribution is -1.95. The van der Waals surface area contributed by atoms with Gasteiger partial charge in [-0.1, -0.05) is 30.3 Å². The second kappa shape index (κ2) is 6.56. The molecule has 0 radical (unpaired) electrons. The van der Waals surface area contributed by atoms with E-state index in [1.54, 1.807) is 18.3 Å². The molecule has 108 valence electrons. The Kier molecular flexibility index (Phi) is 4.13. The SMILES string of the molecule is N#Cc1ccc(Cc2cccnc2-c2ccc(C#N)cc2)cc1. The van der Waals surface area contributed by atoms with Crippen LogP contribution in [0.2, 0.25) is 0 Å². The monoisotopic (exact) mass is 295 g/mol. The van der Waals surface area contributed by atoms with Gasteiger partial charge in [-0.05, 0) is 47.9 Å². The molecule has 0 aliphatic heterocycles. The average molecular weight is 295 g/mol. The van der Waals surface area contributed by atoms with Crippen molar-refractivity contribution in [3.8, 4) is 23.4 Å². The third kappa shape index (κ3) is 3.26. The molecule has 1 aromatic heterocycles. The van der Waals surface area contributed by atoms with E-state index >= 15 is 0 Å². The van der Waals surface area contributed by atoms with Gasteiger partial charge in [0.25, 0.3) is 0 Å². The molecule has 2 aromatic carbocycles. The van der Waals surface area contributed by atoms with E-state index in [-0.39, 0.29) is 0 Å². The molecule has 23 heavy (non-hydrogen) atoms. The minimum atomic E-state index is 0.637. The summed E-state index contributed by atoms with van der Waals surface area (Å²) in [6, 6.07) is 23.3. The molecule has 0 N–H and O–H groups in total. The van der Waals surface area contributed by atoms with E-state index in [0.29, 0.717) is 11.1 Å². The van der Waals surface area contributed by atoms with Crippen LogP contribution in [0.25, 0.3) is 11.3 Å². The van der Waals surface area contributed by atoms with Crippen molar-refractivity contribution in [1.82, 2.24) is 4.98 Å². The van der Waals surface area contributed by atoms with Crippen LogP contribution in [0.15, 0.2) is 66.9 Å². The van der Waals surface area contributed by atoms with Crippen LogP contribution in [-0.4, -0.2) is 4.98 Å². The van der Waals surface area contributed by atoms with Crippen molar-refractivity contribution >= 4 is 0 Å². The fraction of sp³-hybridized carbons (Fsp3) is 0.0500. The first-order valence-electron chi connectivity index (χ1n) is 7.23. The van der Waals surface area contributed by atoms with Crippen LogP contribution in [0, 0.1) is 22.7 Å². The van der Waals surface area contributed by atoms with Gasteiger partial charge in [0.2, 0.25) is 0 Å². The second-order valence-electron chi connectivity index (χ2n) is 5.19. The third-order valence-electron chi connectivity index (χ3n) is 3.66. The summed E-state index contributed by atoms with van der Waals surface area (Å²) in [5.41, 5.74) is 5.45. The topological polar surface area (TPSA) is 60.5 Å². The zero-order valence-electron chi connectivity index (χ0n) is 12.4. The first kappa shape index (κ1) is 14.5. The Morgan fingerprint density at radius 1 is 0.783 bits per heavy atom. The minimum Gasteiger partial charge on any atom is -0.256 e. The van der Waals surface area contributed by atoms with Gasteiger partial charge >= 0.3 is 0 Å². The maximum atomic E-state index is 8.90. The fourth-order valence-electron chi connectivity index (χ4n) is 2.46. The number of pyridine rings is 1. The quantitative estimate of drug-likeness (QED) is 0.731. The van der Waals surface area contributed by atoms with Gasteiger partial charge in [-0.15, -0.1) is 0 Å². The van der Waals surface area contributed by atoms with Crippen molar-refractivity contribution in [1.29, 1.82) is 10.5 Å². The molecule has 3 aromatic rings. The number of nitrogens with zero attached hydrogens (tertiary/aromatic N) is 3. The number of benzene rings is 2. The predicted octanol–water partition coefficient (Wildman–Crippen LogP) is 4.08. The molecule has 0 aliphatic rings.